The predicted molar refractivity (Wildman–Crippen MR) is 103 cm³/mol. The highest BCUT2D eigenvalue weighted by Crippen LogP contribution is 2.25. The summed E-state index contributed by atoms with van der Waals surface area (Å²) >= 11 is 0. The number of nitrogens with one attached hydrogen (secondary N) is 1. The van der Waals surface area contributed by atoms with E-state index in [9.17, 15) is 9.59 Å². The van der Waals surface area contributed by atoms with Crippen molar-refractivity contribution >= 4 is 23.3 Å². The van der Waals surface area contributed by atoms with Crippen LogP contribution in [0.1, 0.15) is 30.0 Å². The molecule has 0 aliphatic heterocycles. The first-order valence-electron chi connectivity index (χ1n) is 8.66. The molecule has 3 rings (SSSR count). The van der Waals surface area contributed by atoms with Gasteiger partial charge in [-0.15, -0.1) is 0 Å². The van der Waals surface area contributed by atoms with Crippen LogP contribution in [-0.2, 0) is 11.3 Å². The van der Waals surface area contributed by atoms with Crippen LogP contribution in [0.3, 0.4) is 0 Å². The molecule has 2 amide bonds. The van der Waals surface area contributed by atoms with Crippen LogP contribution < -0.4 is 10.2 Å². The molecule has 1 N–H and O–H groups in total. The van der Waals surface area contributed by atoms with Crippen LogP contribution in [-0.4, -0.2) is 38.4 Å². The Balaban J connectivity index is 2.03. The molecule has 0 aliphatic rings. The largest absolute Gasteiger partial charge is 0.323 e. The Morgan fingerprint density at radius 2 is 1.89 bits per heavy atom. The minimum absolute atomic E-state index is 0.250. The molecule has 0 fully saturated rings. The summed E-state index contributed by atoms with van der Waals surface area (Å²) in [5.74, 6) is 0.0835. The average Bonchev–Trinajstić information content (AvgIpc) is 3.26. The molecular formula is C19H22N6O2. The van der Waals surface area contributed by atoms with Crippen LogP contribution >= 0.6 is 0 Å². The van der Waals surface area contributed by atoms with Crippen molar-refractivity contribution in [2.24, 2.45) is 0 Å². The van der Waals surface area contributed by atoms with E-state index in [2.05, 4.69) is 15.5 Å². The molecule has 0 aliphatic carbocycles. The van der Waals surface area contributed by atoms with E-state index in [1.807, 2.05) is 37.3 Å². The van der Waals surface area contributed by atoms with E-state index in [1.165, 1.54) is 11.8 Å². The SMILES string of the molecule is CCn1nc(C)c(NC(C)=O)c1C(=O)N(C)c1ccnn1-c1ccccc1. The van der Waals surface area contributed by atoms with Crippen molar-refractivity contribution in [3.63, 3.8) is 0 Å². The van der Waals surface area contributed by atoms with Gasteiger partial charge in [0.25, 0.3) is 5.91 Å². The molecule has 0 unspecified atom stereocenters. The second-order valence-electron chi connectivity index (χ2n) is 6.11. The minimum Gasteiger partial charge on any atom is -0.323 e. The lowest BCUT2D eigenvalue weighted by molar-refractivity contribution is -0.114. The zero-order chi connectivity index (χ0) is 19.6. The number of rotatable bonds is 5. The number of aryl methyl sites for hydroxylation is 2. The van der Waals surface area contributed by atoms with E-state index in [-0.39, 0.29) is 11.8 Å². The van der Waals surface area contributed by atoms with Crippen LogP contribution in [0.15, 0.2) is 42.6 Å². The minimum atomic E-state index is -0.279. The van der Waals surface area contributed by atoms with Crippen LogP contribution in [0.25, 0.3) is 5.69 Å². The molecule has 3 aromatic rings. The Bertz CT molecular complexity index is 974. The number of hydrogen-bond donors (Lipinski definition) is 1. The van der Waals surface area contributed by atoms with Gasteiger partial charge in [-0.1, -0.05) is 18.2 Å². The standard InChI is InChI=1S/C19H22N6O2/c1-5-24-18(17(13(2)22-24)21-14(3)26)19(27)23(4)16-11-12-20-25(16)15-9-7-6-8-10-15/h6-12H,5H2,1-4H3,(H,21,26). The molecule has 140 valence electrons. The monoisotopic (exact) mass is 366 g/mol. The molecular weight excluding hydrogens is 344 g/mol. The van der Waals surface area contributed by atoms with E-state index in [0.717, 1.165) is 5.69 Å². The van der Waals surface area contributed by atoms with Crippen molar-refractivity contribution in [2.75, 3.05) is 17.3 Å². The molecule has 0 bridgehead atoms. The lowest BCUT2D eigenvalue weighted by atomic mass is 10.2. The summed E-state index contributed by atoms with van der Waals surface area (Å²) in [4.78, 5) is 26.4. The van der Waals surface area contributed by atoms with Crippen molar-refractivity contribution in [2.45, 2.75) is 27.3 Å². The zero-order valence-corrected chi connectivity index (χ0v) is 15.8. The molecule has 0 saturated heterocycles. The van der Waals surface area contributed by atoms with E-state index in [4.69, 9.17) is 0 Å². The third kappa shape index (κ3) is 3.46. The second-order valence-corrected chi connectivity index (χ2v) is 6.11. The Hall–Kier alpha value is -3.42. The van der Waals surface area contributed by atoms with Gasteiger partial charge >= 0.3 is 0 Å². The van der Waals surface area contributed by atoms with Gasteiger partial charge < -0.3 is 5.32 Å². The fourth-order valence-corrected chi connectivity index (χ4v) is 2.93. The number of carbonyl (C=O) groups excluding carboxylic acids is 2. The van der Waals surface area contributed by atoms with Crippen molar-refractivity contribution < 1.29 is 9.59 Å². The van der Waals surface area contributed by atoms with Gasteiger partial charge in [0.15, 0.2) is 5.69 Å². The molecule has 1 aromatic carbocycles. The fraction of sp³-hybridized carbons (Fsp3) is 0.263. The second kappa shape index (κ2) is 7.45. The molecule has 27 heavy (non-hydrogen) atoms. The maximum atomic E-state index is 13.3. The Morgan fingerprint density at radius 1 is 1.19 bits per heavy atom. The smallest absolute Gasteiger partial charge is 0.279 e. The Labute approximate surface area is 157 Å². The number of amides is 2. The van der Waals surface area contributed by atoms with Crippen LogP contribution in [0.4, 0.5) is 11.5 Å². The molecule has 8 nitrogen and oxygen atoms in total. The van der Waals surface area contributed by atoms with Gasteiger partial charge in [0.05, 0.1) is 23.3 Å². The third-order valence-corrected chi connectivity index (χ3v) is 4.20. The molecule has 0 radical (unpaired) electrons. The van der Waals surface area contributed by atoms with E-state index < -0.39 is 0 Å². The number of hydrogen-bond acceptors (Lipinski definition) is 4. The summed E-state index contributed by atoms with van der Waals surface area (Å²) < 4.78 is 3.29. The highest BCUT2D eigenvalue weighted by molar-refractivity contribution is 6.10. The van der Waals surface area contributed by atoms with Gasteiger partial charge in [-0.25, -0.2) is 4.68 Å². The topological polar surface area (TPSA) is 85.1 Å². The number of nitrogens with zero attached hydrogens (tertiary/aromatic N) is 5. The third-order valence-electron chi connectivity index (χ3n) is 4.20. The molecule has 8 heteroatoms. The van der Waals surface area contributed by atoms with Gasteiger partial charge in [-0.3, -0.25) is 19.2 Å². The van der Waals surface area contributed by atoms with Gasteiger partial charge in [-0.05, 0) is 26.0 Å². The molecule has 0 saturated carbocycles. The molecule has 0 atom stereocenters. The quantitative estimate of drug-likeness (QED) is 0.752. The summed E-state index contributed by atoms with van der Waals surface area (Å²) in [6, 6.07) is 11.3. The lowest BCUT2D eigenvalue weighted by Crippen LogP contribution is -2.31. The number of aromatic nitrogens is 4. The van der Waals surface area contributed by atoms with E-state index in [0.29, 0.717) is 29.4 Å². The lowest BCUT2D eigenvalue weighted by Gasteiger charge is -2.20. The van der Waals surface area contributed by atoms with Crippen LogP contribution in [0, 0.1) is 6.92 Å². The van der Waals surface area contributed by atoms with Crippen molar-refractivity contribution in [3.8, 4) is 5.69 Å². The van der Waals surface area contributed by atoms with Gasteiger partial charge in [0, 0.05) is 26.6 Å². The first kappa shape index (κ1) is 18.4. The van der Waals surface area contributed by atoms with E-state index in [1.54, 1.807) is 35.6 Å². The fourth-order valence-electron chi connectivity index (χ4n) is 2.93. The van der Waals surface area contributed by atoms with Crippen molar-refractivity contribution in [1.82, 2.24) is 19.6 Å². The first-order chi connectivity index (χ1) is 12.9. The van der Waals surface area contributed by atoms with E-state index >= 15 is 0 Å². The summed E-state index contributed by atoms with van der Waals surface area (Å²) in [5, 5.41) is 11.4. The van der Waals surface area contributed by atoms with Gasteiger partial charge in [-0.2, -0.15) is 10.2 Å². The van der Waals surface area contributed by atoms with Gasteiger partial charge in [0.2, 0.25) is 5.91 Å². The van der Waals surface area contributed by atoms with Crippen LogP contribution in [0.5, 0.6) is 0 Å². The molecule has 0 spiro atoms. The first-order valence-corrected chi connectivity index (χ1v) is 8.66. The number of carbonyl (C=O) groups is 2. The maximum absolute atomic E-state index is 13.3. The molecule has 2 heterocycles. The maximum Gasteiger partial charge on any atom is 0.279 e. The summed E-state index contributed by atoms with van der Waals surface area (Å²) in [5.41, 5.74) is 2.22. The predicted octanol–water partition coefficient (Wildman–Crippen LogP) is 2.63. The summed E-state index contributed by atoms with van der Waals surface area (Å²) in [6.07, 6.45) is 1.64. The Morgan fingerprint density at radius 3 is 2.52 bits per heavy atom. The van der Waals surface area contributed by atoms with Crippen molar-refractivity contribution in [3.05, 3.63) is 54.0 Å². The normalized spacial score (nSPS) is 10.7. The number of anilines is 2. The van der Waals surface area contributed by atoms with Gasteiger partial charge in [0.1, 0.15) is 5.82 Å². The highest BCUT2D eigenvalue weighted by Gasteiger charge is 2.27. The van der Waals surface area contributed by atoms with Crippen LogP contribution in [0.2, 0.25) is 0 Å². The average molecular weight is 366 g/mol. The molecule has 2 aromatic heterocycles. The Kier molecular flexibility index (Phi) is 5.07. The van der Waals surface area contributed by atoms with Crippen molar-refractivity contribution in [1.29, 1.82) is 0 Å². The zero-order valence-electron chi connectivity index (χ0n) is 15.8. The summed E-state index contributed by atoms with van der Waals surface area (Å²) in [7, 11) is 1.68. The highest BCUT2D eigenvalue weighted by atomic mass is 16.2. The number of para-hydroxylation sites is 1. The number of benzene rings is 1. The summed E-state index contributed by atoms with van der Waals surface area (Å²) in [6.45, 7) is 5.58.